The first-order valence-corrected chi connectivity index (χ1v) is 8.17. The van der Waals surface area contributed by atoms with E-state index in [2.05, 4.69) is 5.32 Å². The average Bonchev–Trinajstić information content (AvgIpc) is 2.61. The summed E-state index contributed by atoms with van der Waals surface area (Å²) < 4.78 is 4.97. The molecule has 4 amide bonds. The fourth-order valence-electron chi connectivity index (χ4n) is 2.72. The van der Waals surface area contributed by atoms with Crippen LogP contribution in [0.3, 0.4) is 0 Å². The number of ether oxygens (including phenoxy) is 1. The highest BCUT2D eigenvalue weighted by atomic mass is 16.5. The van der Waals surface area contributed by atoms with E-state index in [0.29, 0.717) is 11.3 Å². The van der Waals surface area contributed by atoms with Crippen LogP contribution < -0.4 is 15.0 Å². The predicted octanol–water partition coefficient (Wildman–Crippen LogP) is 2.68. The molecule has 7 nitrogen and oxygen atoms in total. The van der Waals surface area contributed by atoms with Gasteiger partial charge in [-0.25, -0.2) is 9.69 Å². The SMILES string of the molecule is COc1ccc(/C=C2\C(=O)NC(=O)N(c3ccc(C)c(C)c3)C2=O)cc1O. The van der Waals surface area contributed by atoms with Crippen molar-refractivity contribution in [2.75, 3.05) is 12.0 Å². The number of aryl methyl sites for hydroxylation is 2. The fourth-order valence-corrected chi connectivity index (χ4v) is 2.72. The van der Waals surface area contributed by atoms with Gasteiger partial charge in [0.1, 0.15) is 5.57 Å². The molecule has 138 valence electrons. The highest BCUT2D eigenvalue weighted by molar-refractivity contribution is 6.39. The maximum atomic E-state index is 12.8. The third-order valence-corrected chi connectivity index (χ3v) is 4.36. The quantitative estimate of drug-likeness (QED) is 0.643. The van der Waals surface area contributed by atoms with E-state index in [9.17, 15) is 19.5 Å². The van der Waals surface area contributed by atoms with Crippen molar-refractivity contribution in [3.63, 3.8) is 0 Å². The monoisotopic (exact) mass is 366 g/mol. The lowest BCUT2D eigenvalue weighted by Gasteiger charge is -2.26. The number of hydrogen-bond donors (Lipinski definition) is 2. The van der Waals surface area contributed by atoms with E-state index >= 15 is 0 Å². The van der Waals surface area contributed by atoms with Crippen molar-refractivity contribution in [1.82, 2.24) is 5.32 Å². The van der Waals surface area contributed by atoms with Crippen LogP contribution in [0.25, 0.3) is 6.08 Å². The number of amides is 4. The summed E-state index contributed by atoms with van der Waals surface area (Å²) in [6.07, 6.45) is 1.32. The zero-order chi connectivity index (χ0) is 19.7. The third kappa shape index (κ3) is 3.39. The minimum atomic E-state index is -0.803. The number of rotatable bonds is 3. The smallest absolute Gasteiger partial charge is 0.335 e. The Hall–Kier alpha value is -3.61. The normalized spacial score (nSPS) is 15.9. The Balaban J connectivity index is 2.01. The van der Waals surface area contributed by atoms with Crippen molar-refractivity contribution >= 4 is 29.6 Å². The fraction of sp³-hybridized carbons (Fsp3) is 0.150. The van der Waals surface area contributed by atoms with Crippen LogP contribution in [0.4, 0.5) is 10.5 Å². The van der Waals surface area contributed by atoms with Gasteiger partial charge in [-0.1, -0.05) is 12.1 Å². The summed E-state index contributed by atoms with van der Waals surface area (Å²) in [5, 5.41) is 12.0. The van der Waals surface area contributed by atoms with Crippen molar-refractivity contribution in [2.24, 2.45) is 0 Å². The number of barbiturate groups is 1. The Morgan fingerprint density at radius 2 is 1.78 bits per heavy atom. The van der Waals surface area contributed by atoms with Gasteiger partial charge >= 0.3 is 6.03 Å². The minimum absolute atomic E-state index is 0.127. The highest BCUT2D eigenvalue weighted by Crippen LogP contribution is 2.28. The van der Waals surface area contributed by atoms with Crippen LogP contribution >= 0.6 is 0 Å². The number of imide groups is 2. The van der Waals surface area contributed by atoms with Gasteiger partial charge in [-0.2, -0.15) is 0 Å². The topological polar surface area (TPSA) is 95.9 Å². The zero-order valence-electron chi connectivity index (χ0n) is 15.1. The van der Waals surface area contributed by atoms with Crippen LogP contribution in [-0.2, 0) is 9.59 Å². The lowest BCUT2D eigenvalue weighted by molar-refractivity contribution is -0.122. The maximum Gasteiger partial charge on any atom is 0.335 e. The summed E-state index contributed by atoms with van der Waals surface area (Å²) in [6, 6.07) is 8.81. The maximum absolute atomic E-state index is 12.8. The molecule has 1 aliphatic heterocycles. The second kappa shape index (κ2) is 6.95. The number of methoxy groups -OCH3 is 1. The third-order valence-electron chi connectivity index (χ3n) is 4.36. The Labute approximate surface area is 155 Å². The summed E-state index contributed by atoms with van der Waals surface area (Å²) >= 11 is 0. The molecule has 0 atom stereocenters. The summed E-state index contributed by atoms with van der Waals surface area (Å²) in [6.45, 7) is 3.79. The molecule has 1 saturated heterocycles. The highest BCUT2D eigenvalue weighted by Gasteiger charge is 2.36. The van der Waals surface area contributed by atoms with Crippen LogP contribution in [0.2, 0.25) is 0 Å². The Bertz CT molecular complexity index is 994. The van der Waals surface area contributed by atoms with Gasteiger partial charge in [-0.15, -0.1) is 0 Å². The molecule has 0 bridgehead atoms. The Kier molecular flexibility index (Phi) is 4.68. The average molecular weight is 366 g/mol. The minimum Gasteiger partial charge on any atom is -0.504 e. The van der Waals surface area contributed by atoms with Crippen molar-refractivity contribution in [1.29, 1.82) is 0 Å². The van der Waals surface area contributed by atoms with Gasteiger partial charge in [0.25, 0.3) is 11.8 Å². The molecule has 0 radical (unpaired) electrons. The zero-order valence-corrected chi connectivity index (χ0v) is 15.1. The number of nitrogens with zero attached hydrogens (tertiary/aromatic N) is 1. The summed E-state index contributed by atoms with van der Waals surface area (Å²) in [5.41, 5.74) is 2.51. The molecule has 0 spiro atoms. The molecule has 1 heterocycles. The first-order chi connectivity index (χ1) is 12.8. The van der Waals surface area contributed by atoms with E-state index < -0.39 is 17.8 Å². The first kappa shape index (κ1) is 18.2. The number of hydrogen-bond acceptors (Lipinski definition) is 5. The van der Waals surface area contributed by atoms with E-state index in [-0.39, 0.29) is 17.1 Å². The van der Waals surface area contributed by atoms with Gasteiger partial charge in [0.15, 0.2) is 11.5 Å². The number of carbonyl (C=O) groups excluding carboxylic acids is 3. The molecule has 7 heteroatoms. The number of nitrogens with one attached hydrogen (secondary N) is 1. The first-order valence-electron chi connectivity index (χ1n) is 8.17. The number of urea groups is 1. The van der Waals surface area contributed by atoms with Crippen molar-refractivity contribution < 1.29 is 24.2 Å². The molecule has 2 aromatic carbocycles. The van der Waals surface area contributed by atoms with Gasteiger partial charge in [0.05, 0.1) is 12.8 Å². The van der Waals surface area contributed by atoms with E-state index in [1.165, 1.54) is 25.3 Å². The molecule has 0 saturated carbocycles. The Morgan fingerprint density at radius 3 is 2.41 bits per heavy atom. The molecule has 0 aromatic heterocycles. The van der Waals surface area contributed by atoms with Gasteiger partial charge in [-0.05, 0) is 60.9 Å². The number of anilines is 1. The van der Waals surface area contributed by atoms with Crippen LogP contribution in [0.5, 0.6) is 11.5 Å². The summed E-state index contributed by atoms with van der Waals surface area (Å²) in [4.78, 5) is 38.2. The lowest BCUT2D eigenvalue weighted by Crippen LogP contribution is -2.54. The van der Waals surface area contributed by atoms with Gasteiger partial charge in [0, 0.05) is 0 Å². The molecule has 27 heavy (non-hydrogen) atoms. The van der Waals surface area contributed by atoms with E-state index in [1.54, 1.807) is 24.3 Å². The molecule has 1 aliphatic rings. The standard InChI is InChI=1S/C20H18N2O5/c1-11-4-6-14(8-12(11)2)22-19(25)15(18(24)21-20(22)26)9-13-5-7-17(27-3)16(23)10-13/h4-10,23H,1-3H3,(H,21,24,26)/b15-9+. The number of phenolic OH excluding ortho intramolecular Hbond substituents is 1. The molecule has 3 rings (SSSR count). The van der Waals surface area contributed by atoms with Crippen molar-refractivity contribution in [3.8, 4) is 11.5 Å². The predicted molar refractivity (Wildman–Crippen MR) is 99.6 cm³/mol. The largest absolute Gasteiger partial charge is 0.504 e. The molecule has 2 N–H and O–H groups in total. The number of benzene rings is 2. The molecule has 0 aliphatic carbocycles. The number of aromatic hydroxyl groups is 1. The Morgan fingerprint density at radius 1 is 1.04 bits per heavy atom. The number of carbonyl (C=O) groups is 3. The molecule has 2 aromatic rings. The van der Waals surface area contributed by atoms with E-state index in [0.717, 1.165) is 16.0 Å². The van der Waals surface area contributed by atoms with Crippen LogP contribution in [-0.4, -0.2) is 30.1 Å². The van der Waals surface area contributed by atoms with E-state index in [1.807, 2.05) is 13.8 Å². The van der Waals surface area contributed by atoms with Crippen LogP contribution in [0, 0.1) is 13.8 Å². The molecule has 1 fully saturated rings. The second-order valence-electron chi connectivity index (χ2n) is 6.16. The van der Waals surface area contributed by atoms with Crippen LogP contribution in [0.1, 0.15) is 16.7 Å². The number of phenols is 1. The van der Waals surface area contributed by atoms with Crippen molar-refractivity contribution in [3.05, 3.63) is 58.7 Å². The van der Waals surface area contributed by atoms with Crippen molar-refractivity contribution in [2.45, 2.75) is 13.8 Å². The van der Waals surface area contributed by atoms with Gasteiger partial charge in [0.2, 0.25) is 0 Å². The lowest BCUT2D eigenvalue weighted by atomic mass is 10.0. The second-order valence-corrected chi connectivity index (χ2v) is 6.16. The summed E-state index contributed by atoms with van der Waals surface area (Å²) in [5.74, 6) is -1.39. The van der Waals surface area contributed by atoms with E-state index in [4.69, 9.17) is 4.74 Å². The molecule has 0 unspecified atom stereocenters. The van der Waals surface area contributed by atoms with Gasteiger partial charge < -0.3 is 9.84 Å². The molecular formula is C20H18N2O5. The van der Waals surface area contributed by atoms with Gasteiger partial charge in [-0.3, -0.25) is 14.9 Å². The van der Waals surface area contributed by atoms with Crippen LogP contribution in [0.15, 0.2) is 42.0 Å². The summed E-state index contributed by atoms with van der Waals surface area (Å²) in [7, 11) is 1.42. The molecular weight excluding hydrogens is 348 g/mol.